The van der Waals surface area contributed by atoms with Crippen LogP contribution in [0.3, 0.4) is 0 Å². The number of aryl methyl sites for hydroxylation is 1. The Morgan fingerprint density at radius 1 is 1.11 bits per heavy atom. The fourth-order valence-electron chi connectivity index (χ4n) is 4.76. The highest BCUT2D eigenvalue weighted by Crippen LogP contribution is 2.39. The Morgan fingerprint density at radius 3 is 2.57 bits per heavy atom. The van der Waals surface area contributed by atoms with Crippen molar-refractivity contribution < 1.29 is 24.5 Å². The number of benzene rings is 3. The van der Waals surface area contributed by atoms with E-state index in [0.29, 0.717) is 35.9 Å². The summed E-state index contributed by atoms with van der Waals surface area (Å²) in [4.78, 5) is 18.7. The van der Waals surface area contributed by atoms with Crippen molar-refractivity contribution in [3.8, 4) is 11.5 Å². The van der Waals surface area contributed by atoms with Crippen LogP contribution in [0, 0.1) is 6.92 Å². The summed E-state index contributed by atoms with van der Waals surface area (Å²) in [6.45, 7) is 2.57. The van der Waals surface area contributed by atoms with Crippen molar-refractivity contribution in [2.75, 3.05) is 19.8 Å². The van der Waals surface area contributed by atoms with Gasteiger partial charge in [-0.2, -0.15) is 0 Å². The third kappa shape index (κ3) is 5.44. The van der Waals surface area contributed by atoms with Gasteiger partial charge in [0.25, 0.3) is 0 Å². The van der Waals surface area contributed by atoms with Crippen molar-refractivity contribution in [2.45, 2.75) is 31.9 Å². The van der Waals surface area contributed by atoms with Gasteiger partial charge in [-0.3, -0.25) is 4.90 Å². The topological polar surface area (TPSA) is 95.0 Å². The average Bonchev–Trinajstić information content (AvgIpc) is 3.27. The lowest BCUT2D eigenvalue weighted by atomic mass is 9.92. The number of aromatic nitrogens is 1. The zero-order valence-electron chi connectivity index (χ0n) is 20.5. The van der Waals surface area contributed by atoms with Crippen LogP contribution in [0.25, 0.3) is 10.9 Å². The van der Waals surface area contributed by atoms with Gasteiger partial charge in [0.15, 0.2) is 0 Å². The van der Waals surface area contributed by atoms with Gasteiger partial charge in [-0.25, -0.2) is 4.79 Å². The van der Waals surface area contributed by atoms with Gasteiger partial charge in [0.2, 0.25) is 0 Å². The SMILES string of the molecule is Cc1ccc2[nH]c3c(c2c1)CCN(C(=O)Oc1ccc(Cl)cc1)C3c1ccc(OCC[C@H](O)CO)cc1. The summed E-state index contributed by atoms with van der Waals surface area (Å²) in [6, 6.07) is 20.3. The Hall–Kier alpha value is -3.52. The van der Waals surface area contributed by atoms with Crippen LogP contribution in [0.5, 0.6) is 11.5 Å². The zero-order valence-corrected chi connectivity index (χ0v) is 21.2. The largest absolute Gasteiger partial charge is 0.493 e. The van der Waals surface area contributed by atoms with Crippen molar-refractivity contribution in [3.63, 3.8) is 0 Å². The number of aliphatic hydroxyl groups is 2. The van der Waals surface area contributed by atoms with Crippen LogP contribution in [0.4, 0.5) is 4.79 Å². The van der Waals surface area contributed by atoms with Gasteiger partial charge in [0.1, 0.15) is 17.5 Å². The van der Waals surface area contributed by atoms with Crippen LogP contribution in [-0.4, -0.2) is 52.1 Å². The number of aliphatic hydroxyl groups excluding tert-OH is 2. The van der Waals surface area contributed by atoms with E-state index in [1.165, 1.54) is 16.5 Å². The minimum absolute atomic E-state index is 0.287. The normalized spacial score (nSPS) is 15.9. The first-order chi connectivity index (χ1) is 17.9. The molecular weight excluding hydrogens is 492 g/mol. The van der Waals surface area contributed by atoms with Crippen LogP contribution in [-0.2, 0) is 6.42 Å². The van der Waals surface area contributed by atoms with Gasteiger partial charge in [0.05, 0.1) is 19.3 Å². The molecule has 1 aliphatic rings. The number of hydrogen-bond donors (Lipinski definition) is 3. The van der Waals surface area contributed by atoms with Crippen LogP contribution < -0.4 is 9.47 Å². The predicted octanol–water partition coefficient (Wildman–Crippen LogP) is 5.40. The van der Waals surface area contributed by atoms with E-state index in [0.717, 1.165) is 16.8 Å². The minimum Gasteiger partial charge on any atom is -0.493 e. The fraction of sp³-hybridized carbons (Fsp3) is 0.276. The summed E-state index contributed by atoms with van der Waals surface area (Å²) in [5, 5.41) is 20.3. The molecule has 4 aromatic rings. The quantitative estimate of drug-likeness (QED) is 0.303. The second kappa shape index (κ2) is 10.8. The monoisotopic (exact) mass is 520 g/mol. The minimum atomic E-state index is -0.800. The molecule has 37 heavy (non-hydrogen) atoms. The van der Waals surface area contributed by atoms with E-state index in [1.807, 2.05) is 24.3 Å². The van der Waals surface area contributed by atoms with E-state index in [2.05, 4.69) is 30.1 Å². The molecule has 3 aromatic carbocycles. The summed E-state index contributed by atoms with van der Waals surface area (Å²) in [7, 11) is 0. The summed E-state index contributed by atoms with van der Waals surface area (Å²) < 4.78 is 11.4. The van der Waals surface area contributed by atoms with Crippen LogP contribution >= 0.6 is 11.6 Å². The van der Waals surface area contributed by atoms with Crippen molar-refractivity contribution in [3.05, 3.63) is 94.1 Å². The number of carbonyl (C=O) groups is 1. The number of aromatic amines is 1. The second-order valence-electron chi connectivity index (χ2n) is 9.28. The molecule has 0 fully saturated rings. The van der Waals surface area contributed by atoms with Gasteiger partial charge in [-0.15, -0.1) is 0 Å². The molecule has 0 radical (unpaired) electrons. The van der Waals surface area contributed by atoms with Crippen molar-refractivity contribution in [1.29, 1.82) is 0 Å². The molecule has 7 nitrogen and oxygen atoms in total. The summed E-state index contributed by atoms with van der Waals surface area (Å²) in [6.07, 6.45) is -0.195. The molecule has 3 N–H and O–H groups in total. The molecule has 1 unspecified atom stereocenters. The average molecular weight is 521 g/mol. The van der Waals surface area contributed by atoms with Gasteiger partial charge in [-0.1, -0.05) is 35.4 Å². The molecule has 8 heteroatoms. The number of amides is 1. The first-order valence-corrected chi connectivity index (χ1v) is 12.7. The maximum Gasteiger partial charge on any atom is 0.416 e. The molecule has 1 amide bonds. The van der Waals surface area contributed by atoms with Crippen LogP contribution in [0.1, 0.15) is 34.8 Å². The summed E-state index contributed by atoms with van der Waals surface area (Å²) in [5.74, 6) is 1.08. The summed E-state index contributed by atoms with van der Waals surface area (Å²) >= 11 is 5.98. The molecule has 0 spiro atoms. The van der Waals surface area contributed by atoms with Gasteiger partial charge in [-0.05, 0) is 73.0 Å². The van der Waals surface area contributed by atoms with E-state index in [4.69, 9.17) is 26.2 Å². The number of carbonyl (C=O) groups excluding carboxylic acids is 1. The molecule has 0 saturated carbocycles. The standard InChI is InChI=1S/C29H29ClN2O5/c1-18-2-11-26-25(16-18)24-12-14-32(29(35)37-23-9-5-20(30)6-10-23)28(27(24)31-26)19-3-7-22(8-4-19)36-15-13-21(34)17-33/h2-11,16,21,28,31,33-34H,12-15,17H2,1H3/t21-,28?/m0/s1. The van der Waals surface area contributed by atoms with Crippen LogP contribution in [0.2, 0.25) is 5.02 Å². The number of rotatable bonds is 7. The van der Waals surface area contributed by atoms with E-state index < -0.39 is 12.2 Å². The van der Waals surface area contributed by atoms with Gasteiger partial charge >= 0.3 is 6.09 Å². The number of hydrogen-bond acceptors (Lipinski definition) is 5. The number of nitrogens with zero attached hydrogens (tertiary/aromatic N) is 1. The van der Waals surface area contributed by atoms with Crippen LogP contribution in [0.15, 0.2) is 66.7 Å². The number of ether oxygens (including phenoxy) is 2. The Labute approximate surface area is 220 Å². The maximum atomic E-state index is 13.4. The molecule has 1 aliphatic heterocycles. The van der Waals surface area contributed by atoms with Crippen molar-refractivity contribution >= 4 is 28.6 Å². The number of H-pyrrole nitrogens is 1. The van der Waals surface area contributed by atoms with E-state index in [1.54, 1.807) is 29.2 Å². The van der Waals surface area contributed by atoms with E-state index >= 15 is 0 Å². The molecule has 0 aliphatic carbocycles. The first kappa shape index (κ1) is 25.1. The maximum absolute atomic E-state index is 13.4. The highest BCUT2D eigenvalue weighted by molar-refractivity contribution is 6.30. The predicted molar refractivity (Wildman–Crippen MR) is 142 cm³/mol. The van der Waals surface area contributed by atoms with Crippen molar-refractivity contribution in [2.24, 2.45) is 0 Å². The second-order valence-corrected chi connectivity index (χ2v) is 9.71. The lowest BCUT2D eigenvalue weighted by Gasteiger charge is -2.35. The highest BCUT2D eigenvalue weighted by Gasteiger charge is 2.35. The molecule has 1 aromatic heterocycles. The third-order valence-electron chi connectivity index (χ3n) is 6.66. The van der Waals surface area contributed by atoms with Crippen molar-refractivity contribution in [1.82, 2.24) is 9.88 Å². The smallest absolute Gasteiger partial charge is 0.416 e. The molecular formula is C29H29ClN2O5. The molecule has 2 atom stereocenters. The molecule has 2 heterocycles. The van der Waals surface area contributed by atoms with E-state index in [-0.39, 0.29) is 19.3 Å². The Morgan fingerprint density at radius 2 is 1.84 bits per heavy atom. The molecule has 192 valence electrons. The zero-order chi connectivity index (χ0) is 25.9. The number of halogens is 1. The Bertz CT molecular complexity index is 1380. The summed E-state index contributed by atoms with van der Waals surface area (Å²) in [5.41, 5.74) is 5.32. The Kier molecular flexibility index (Phi) is 7.37. The molecule has 0 saturated heterocycles. The Balaban J connectivity index is 1.46. The number of fused-ring (bicyclic) bond motifs is 3. The number of nitrogens with one attached hydrogen (secondary N) is 1. The molecule has 5 rings (SSSR count). The fourth-order valence-corrected chi connectivity index (χ4v) is 4.88. The lowest BCUT2D eigenvalue weighted by molar-refractivity contribution is 0.0754. The van der Waals surface area contributed by atoms with E-state index in [9.17, 15) is 9.90 Å². The third-order valence-corrected chi connectivity index (χ3v) is 6.91. The van der Waals surface area contributed by atoms with Gasteiger partial charge in [0, 0.05) is 34.6 Å². The van der Waals surface area contributed by atoms with Gasteiger partial charge < -0.3 is 24.7 Å². The highest BCUT2D eigenvalue weighted by atomic mass is 35.5. The molecule has 0 bridgehead atoms. The lowest BCUT2D eigenvalue weighted by Crippen LogP contribution is -2.42. The first-order valence-electron chi connectivity index (χ1n) is 12.3.